The summed E-state index contributed by atoms with van der Waals surface area (Å²) in [7, 11) is 0. The summed E-state index contributed by atoms with van der Waals surface area (Å²) < 4.78 is 5.74. The third-order valence-electron chi connectivity index (χ3n) is 5.38. The van der Waals surface area contributed by atoms with Crippen molar-refractivity contribution in [3.05, 3.63) is 100 Å². The minimum Gasteiger partial charge on any atom is -0.491 e. The first-order valence-electron chi connectivity index (χ1n) is 11.1. The number of aryl methyl sites for hydroxylation is 1. The predicted molar refractivity (Wildman–Crippen MR) is 135 cm³/mol. The van der Waals surface area contributed by atoms with Crippen molar-refractivity contribution in [2.24, 2.45) is 0 Å². The number of hydrogen-bond acceptors (Lipinski definition) is 4. The SMILES string of the molecule is CCc1ccc(N2C(=O)C(SCc3ccccc3)=C(c3ccc(OC(C)C)cc3)C2=O)cc1. The zero-order valence-corrected chi connectivity index (χ0v) is 19.9. The number of benzene rings is 3. The first-order valence-corrected chi connectivity index (χ1v) is 12.1. The van der Waals surface area contributed by atoms with E-state index in [4.69, 9.17) is 4.74 Å². The molecule has 1 heterocycles. The van der Waals surface area contributed by atoms with Crippen LogP contribution in [0.4, 0.5) is 5.69 Å². The van der Waals surface area contributed by atoms with Crippen molar-refractivity contribution < 1.29 is 14.3 Å². The lowest BCUT2D eigenvalue weighted by atomic mass is 10.1. The number of hydrogen-bond donors (Lipinski definition) is 0. The van der Waals surface area contributed by atoms with E-state index in [1.165, 1.54) is 16.7 Å². The Morgan fingerprint density at radius 3 is 2.09 bits per heavy atom. The van der Waals surface area contributed by atoms with Crippen LogP contribution in [-0.2, 0) is 21.8 Å². The number of carbonyl (C=O) groups excluding carboxylic acids is 2. The van der Waals surface area contributed by atoms with Crippen LogP contribution in [0.15, 0.2) is 83.8 Å². The quantitative estimate of drug-likeness (QED) is 0.375. The molecule has 3 aromatic rings. The molecule has 0 atom stereocenters. The monoisotopic (exact) mass is 457 g/mol. The van der Waals surface area contributed by atoms with E-state index in [1.54, 1.807) is 0 Å². The van der Waals surface area contributed by atoms with E-state index in [0.29, 0.717) is 27.5 Å². The summed E-state index contributed by atoms with van der Waals surface area (Å²) in [5, 5.41) is 0. The van der Waals surface area contributed by atoms with Gasteiger partial charge in [0.1, 0.15) is 5.75 Å². The lowest BCUT2D eigenvalue weighted by molar-refractivity contribution is -0.119. The molecule has 3 aromatic carbocycles. The molecular formula is C28H27NO3S. The minimum absolute atomic E-state index is 0.0586. The number of amides is 2. The Balaban J connectivity index is 1.70. The topological polar surface area (TPSA) is 46.6 Å². The van der Waals surface area contributed by atoms with Crippen LogP contribution >= 0.6 is 11.8 Å². The van der Waals surface area contributed by atoms with Gasteiger partial charge in [0.05, 0.1) is 22.3 Å². The Bertz CT molecular complexity index is 1170. The second-order valence-corrected chi connectivity index (χ2v) is 9.12. The smallest absolute Gasteiger partial charge is 0.272 e. The summed E-state index contributed by atoms with van der Waals surface area (Å²) in [5.41, 5.74) is 4.01. The van der Waals surface area contributed by atoms with Gasteiger partial charge in [0, 0.05) is 5.75 Å². The fourth-order valence-corrected chi connectivity index (χ4v) is 4.78. The number of ether oxygens (including phenoxy) is 1. The van der Waals surface area contributed by atoms with Crippen LogP contribution < -0.4 is 9.64 Å². The highest BCUT2D eigenvalue weighted by molar-refractivity contribution is 8.03. The van der Waals surface area contributed by atoms with Gasteiger partial charge in [-0.3, -0.25) is 9.59 Å². The molecule has 0 saturated carbocycles. The zero-order valence-electron chi connectivity index (χ0n) is 19.1. The average molecular weight is 458 g/mol. The largest absolute Gasteiger partial charge is 0.491 e. The molecule has 5 heteroatoms. The predicted octanol–water partition coefficient (Wildman–Crippen LogP) is 6.25. The molecular weight excluding hydrogens is 430 g/mol. The van der Waals surface area contributed by atoms with E-state index in [2.05, 4.69) is 6.92 Å². The van der Waals surface area contributed by atoms with E-state index in [9.17, 15) is 9.59 Å². The van der Waals surface area contributed by atoms with Gasteiger partial charge in [-0.25, -0.2) is 4.90 Å². The van der Waals surface area contributed by atoms with Crippen LogP contribution in [-0.4, -0.2) is 17.9 Å². The fraction of sp³-hybridized carbons (Fsp3) is 0.214. The van der Waals surface area contributed by atoms with Crippen molar-refractivity contribution >= 4 is 34.8 Å². The summed E-state index contributed by atoms with van der Waals surface area (Å²) in [6, 6.07) is 25.0. The van der Waals surface area contributed by atoms with Crippen molar-refractivity contribution in [2.45, 2.75) is 39.0 Å². The zero-order chi connectivity index (χ0) is 23.4. The molecule has 0 aromatic heterocycles. The van der Waals surface area contributed by atoms with Crippen molar-refractivity contribution in [1.29, 1.82) is 0 Å². The molecule has 0 bridgehead atoms. The molecule has 33 heavy (non-hydrogen) atoms. The molecule has 0 N–H and O–H groups in total. The van der Waals surface area contributed by atoms with Gasteiger partial charge >= 0.3 is 0 Å². The highest BCUT2D eigenvalue weighted by atomic mass is 32.2. The summed E-state index contributed by atoms with van der Waals surface area (Å²) in [5.74, 6) is 0.771. The Labute approximate surface area is 199 Å². The molecule has 168 valence electrons. The summed E-state index contributed by atoms with van der Waals surface area (Å²) >= 11 is 1.41. The molecule has 0 aliphatic carbocycles. The highest BCUT2D eigenvalue weighted by Gasteiger charge is 2.40. The maximum Gasteiger partial charge on any atom is 0.272 e. The highest BCUT2D eigenvalue weighted by Crippen LogP contribution is 2.40. The first-order chi connectivity index (χ1) is 16.0. The van der Waals surface area contributed by atoms with Crippen LogP contribution in [0.3, 0.4) is 0 Å². The molecule has 0 unspecified atom stereocenters. The average Bonchev–Trinajstić information content (AvgIpc) is 3.08. The van der Waals surface area contributed by atoms with Gasteiger partial charge in [-0.2, -0.15) is 0 Å². The van der Waals surface area contributed by atoms with E-state index >= 15 is 0 Å². The second-order valence-electron chi connectivity index (χ2n) is 8.14. The Kier molecular flexibility index (Phi) is 6.99. The van der Waals surface area contributed by atoms with Gasteiger partial charge in [0.2, 0.25) is 0 Å². The van der Waals surface area contributed by atoms with Gasteiger partial charge in [-0.1, -0.05) is 61.5 Å². The van der Waals surface area contributed by atoms with E-state index in [0.717, 1.165) is 23.3 Å². The lowest BCUT2D eigenvalue weighted by Crippen LogP contribution is -2.31. The van der Waals surface area contributed by atoms with Gasteiger partial charge in [-0.05, 0) is 61.2 Å². The maximum atomic E-state index is 13.6. The van der Waals surface area contributed by atoms with Crippen molar-refractivity contribution in [1.82, 2.24) is 0 Å². The third-order valence-corrected chi connectivity index (χ3v) is 6.53. The molecule has 1 aliphatic heterocycles. The van der Waals surface area contributed by atoms with Gasteiger partial charge in [0.25, 0.3) is 11.8 Å². The van der Waals surface area contributed by atoms with Gasteiger partial charge < -0.3 is 4.74 Å². The van der Waals surface area contributed by atoms with Crippen molar-refractivity contribution in [3.63, 3.8) is 0 Å². The fourth-order valence-electron chi connectivity index (χ4n) is 3.72. The van der Waals surface area contributed by atoms with Crippen LogP contribution in [0, 0.1) is 0 Å². The van der Waals surface area contributed by atoms with Crippen LogP contribution in [0.5, 0.6) is 5.75 Å². The minimum atomic E-state index is -0.294. The molecule has 0 saturated heterocycles. The number of nitrogens with zero attached hydrogens (tertiary/aromatic N) is 1. The summed E-state index contributed by atoms with van der Waals surface area (Å²) in [4.78, 5) is 28.8. The van der Waals surface area contributed by atoms with Crippen molar-refractivity contribution in [2.75, 3.05) is 4.90 Å². The van der Waals surface area contributed by atoms with Crippen LogP contribution in [0.25, 0.3) is 5.57 Å². The van der Waals surface area contributed by atoms with Crippen molar-refractivity contribution in [3.8, 4) is 5.75 Å². The molecule has 2 amide bonds. The number of anilines is 1. The van der Waals surface area contributed by atoms with E-state index in [1.807, 2.05) is 92.7 Å². The van der Waals surface area contributed by atoms with Crippen LogP contribution in [0.1, 0.15) is 37.5 Å². The number of imide groups is 1. The number of carbonyl (C=O) groups is 2. The normalized spacial score (nSPS) is 13.9. The number of rotatable bonds is 8. The molecule has 1 aliphatic rings. The van der Waals surface area contributed by atoms with Crippen LogP contribution in [0.2, 0.25) is 0 Å². The molecule has 0 spiro atoms. The number of thioether (sulfide) groups is 1. The second kappa shape index (κ2) is 10.1. The summed E-state index contributed by atoms with van der Waals surface area (Å²) in [6.07, 6.45) is 0.956. The van der Waals surface area contributed by atoms with Gasteiger partial charge in [0.15, 0.2) is 0 Å². The molecule has 4 rings (SSSR count). The lowest BCUT2D eigenvalue weighted by Gasteiger charge is -2.16. The Morgan fingerprint density at radius 1 is 0.818 bits per heavy atom. The van der Waals surface area contributed by atoms with E-state index in [-0.39, 0.29) is 17.9 Å². The molecule has 0 fully saturated rings. The third kappa shape index (κ3) is 5.04. The molecule has 4 nitrogen and oxygen atoms in total. The first kappa shape index (κ1) is 22.9. The Morgan fingerprint density at radius 2 is 1.48 bits per heavy atom. The van der Waals surface area contributed by atoms with Gasteiger partial charge in [-0.15, -0.1) is 11.8 Å². The Hall–Kier alpha value is -3.31. The maximum absolute atomic E-state index is 13.6. The summed E-state index contributed by atoms with van der Waals surface area (Å²) in [6.45, 7) is 6.01. The standard InChI is InChI=1S/C28H27NO3S/c1-4-20-10-14-23(15-11-20)29-27(30)25(22-12-16-24(17-13-22)32-19(2)3)26(28(29)31)33-18-21-8-6-5-7-9-21/h5-17,19H,4,18H2,1-3H3. The van der Waals surface area contributed by atoms with E-state index < -0.39 is 0 Å². The molecule has 0 radical (unpaired) electrons.